The molecular formula is C12H10IN3O4. The predicted molar refractivity (Wildman–Crippen MR) is 78.5 cm³/mol. The maximum Gasteiger partial charge on any atom is 0.356 e. The van der Waals surface area contributed by atoms with Crippen molar-refractivity contribution in [1.82, 2.24) is 9.55 Å². The quantitative estimate of drug-likeness (QED) is 0.348. The molecular weight excluding hydrogens is 377 g/mol. The van der Waals surface area contributed by atoms with Gasteiger partial charge in [0.05, 0.1) is 31.1 Å². The Kier molecular flexibility index (Phi) is 4.32. The van der Waals surface area contributed by atoms with Gasteiger partial charge in [0.25, 0.3) is 5.69 Å². The van der Waals surface area contributed by atoms with E-state index in [1.165, 1.54) is 31.8 Å². The molecule has 8 heteroatoms. The Morgan fingerprint density at radius 1 is 1.55 bits per heavy atom. The lowest BCUT2D eigenvalue weighted by Gasteiger charge is -2.08. The number of esters is 1. The Labute approximate surface area is 127 Å². The molecule has 0 aliphatic rings. The minimum atomic E-state index is -0.473. The SMILES string of the molecule is COC(=O)c1cncn1Cc1ccc([N+](=O)[O-])cc1I. The van der Waals surface area contributed by atoms with Crippen molar-refractivity contribution in [3.8, 4) is 0 Å². The number of nitro benzene ring substituents is 1. The summed E-state index contributed by atoms with van der Waals surface area (Å²) < 4.78 is 7.05. The van der Waals surface area contributed by atoms with Crippen molar-refractivity contribution >= 4 is 34.2 Å². The van der Waals surface area contributed by atoms with E-state index in [2.05, 4.69) is 9.72 Å². The Morgan fingerprint density at radius 2 is 2.30 bits per heavy atom. The number of non-ortho nitro benzene ring substituents is 1. The van der Waals surface area contributed by atoms with Crippen LogP contribution in [0.3, 0.4) is 0 Å². The van der Waals surface area contributed by atoms with Crippen LogP contribution in [0.25, 0.3) is 0 Å². The van der Waals surface area contributed by atoms with Gasteiger partial charge >= 0.3 is 5.97 Å². The van der Waals surface area contributed by atoms with Gasteiger partial charge in [0, 0.05) is 15.7 Å². The largest absolute Gasteiger partial charge is 0.464 e. The van der Waals surface area contributed by atoms with Gasteiger partial charge < -0.3 is 9.30 Å². The molecule has 2 rings (SSSR count). The van der Waals surface area contributed by atoms with Crippen LogP contribution in [0.2, 0.25) is 0 Å². The van der Waals surface area contributed by atoms with E-state index in [4.69, 9.17) is 0 Å². The minimum Gasteiger partial charge on any atom is -0.464 e. The number of ether oxygens (including phenoxy) is 1. The molecule has 0 bridgehead atoms. The third-order valence-corrected chi connectivity index (χ3v) is 3.70. The molecule has 0 radical (unpaired) electrons. The first-order valence-corrected chi connectivity index (χ1v) is 6.62. The molecule has 0 saturated heterocycles. The summed E-state index contributed by atoms with van der Waals surface area (Å²) in [6, 6.07) is 4.60. The molecule has 104 valence electrons. The van der Waals surface area contributed by atoms with Crippen LogP contribution in [0, 0.1) is 13.7 Å². The number of nitro groups is 1. The van der Waals surface area contributed by atoms with E-state index in [0.29, 0.717) is 12.2 Å². The molecule has 0 atom stereocenters. The number of aromatic nitrogens is 2. The number of hydrogen-bond donors (Lipinski definition) is 0. The number of carbonyl (C=O) groups excluding carboxylic acids is 1. The molecule has 0 aliphatic carbocycles. The standard InChI is InChI=1S/C12H10IN3O4/c1-20-12(17)11-5-14-7-15(11)6-8-2-3-9(16(18)19)4-10(8)13/h2-5,7H,6H2,1H3. The smallest absolute Gasteiger partial charge is 0.356 e. The van der Waals surface area contributed by atoms with E-state index in [1.807, 2.05) is 22.6 Å². The van der Waals surface area contributed by atoms with E-state index in [-0.39, 0.29) is 5.69 Å². The summed E-state index contributed by atoms with van der Waals surface area (Å²) in [5.41, 5.74) is 1.23. The number of halogens is 1. The van der Waals surface area contributed by atoms with Gasteiger partial charge in [-0.1, -0.05) is 0 Å². The van der Waals surface area contributed by atoms with E-state index in [0.717, 1.165) is 9.13 Å². The minimum absolute atomic E-state index is 0.0389. The first kappa shape index (κ1) is 14.4. The highest BCUT2D eigenvalue weighted by atomic mass is 127. The summed E-state index contributed by atoms with van der Waals surface area (Å²) in [7, 11) is 1.30. The van der Waals surface area contributed by atoms with Crippen LogP contribution < -0.4 is 0 Å². The van der Waals surface area contributed by atoms with Crippen LogP contribution in [0.15, 0.2) is 30.7 Å². The molecule has 0 fully saturated rings. The van der Waals surface area contributed by atoms with Crippen LogP contribution in [0.5, 0.6) is 0 Å². The number of hydrogen-bond acceptors (Lipinski definition) is 5. The Balaban J connectivity index is 2.29. The third-order valence-electron chi connectivity index (χ3n) is 2.69. The topological polar surface area (TPSA) is 87.3 Å². The van der Waals surface area contributed by atoms with Crippen molar-refractivity contribution in [2.45, 2.75) is 6.54 Å². The van der Waals surface area contributed by atoms with Gasteiger partial charge in [-0.25, -0.2) is 9.78 Å². The van der Waals surface area contributed by atoms with Crippen molar-refractivity contribution in [3.05, 3.63) is 55.7 Å². The molecule has 0 spiro atoms. The molecule has 20 heavy (non-hydrogen) atoms. The number of carbonyl (C=O) groups is 1. The highest BCUT2D eigenvalue weighted by Gasteiger charge is 2.14. The monoisotopic (exact) mass is 387 g/mol. The molecule has 0 saturated carbocycles. The van der Waals surface area contributed by atoms with Crippen molar-refractivity contribution in [2.24, 2.45) is 0 Å². The molecule has 1 heterocycles. The van der Waals surface area contributed by atoms with Gasteiger partial charge in [-0.05, 0) is 34.2 Å². The summed E-state index contributed by atoms with van der Waals surface area (Å²) in [6.45, 7) is 0.390. The highest BCUT2D eigenvalue weighted by molar-refractivity contribution is 14.1. The first-order chi connectivity index (χ1) is 9.52. The first-order valence-electron chi connectivity index (χ1n) is 5.54. The fraction of sp³-hybridized carbons (Fsp3) is 0.167. The molecule has 2 aromatic rings. The van der Waals surface area contributed by atoms with E-state index < -0.39 is 10.9 Å². The lowest BCUT2D eigenvalue weighted by molar-refractivity contribution is -0.385. The van der Waals surface area contributed by atoms with Crippen LogP contribution in [-0.4, -0.2) is 27.6 Å². The lowest BCUT2D eigenvalue weighted by Crippen LogP contribution is -2.11. The molecule has 1 aromatic heterocycles. The van der Waals surface area contributed by atoms with Crippen LogP contribution in [-0.2, 0) is 11.3 Å². The fourth-order valence-corrected chi connectivity index (χ4v) is 2.35. The zero-order chi connectivity index (χ0) is 14.7. The third kappa shape index (κ3) is 2.95. The van der Waals surface area contributed by atoms with Gasteiger partial charge in [0.1, 0.15) is 5.69 Å². The Hall–Kier alpha value is -1.97. The number of benzene rings is 1. The zero-order valence-electron chi connectivity index (χ0n) is 10.4. The molecule has 1 aromatic carbocycles. The van der Waals surface area contributed by atoms with Gasteiger partial charge in [0.15, 0.2) is 0 Å². The van der Waals surface area contributed by atoms with Crippen LogP contribution >= 0.6 is 22.6 Å². The fourth-order valence-electron chi connectivity index (χ4n) is 1.68. The zero-order valence-corrected chi connectivity index (χ0v) is 12.6. The summed E-state index contributed by atoms with van der Waals surface area (Å²) in [6.07, 6.45) is 2.94. The average molecular weight is 387 g/mol. The summed E-state index contributed by atoms with van der Waals surface area (Å²) >= 11 is 2.03. The van der Waals surface area contributed by atoms with Crippen molar-refractivity contribution in [1.29, 1.82) is 0 Å². The summed E-state index contributed by atoms with van der Waals surface area (Å²) in [4.78, 5) is 25.7. The van der Waals surface area contributed by atoms with E-state index >= 15 is 0 Å². The number of methoxy groups -OCH3 is 1. The molecule has 0 unspecified atom stereocenters. The second kappa shape index (κ2) is 5.99. The van der Waals surface area contributed by atoms with Crippen LogP contribution in [0.1, 0.15) is 16.1 Å². The predicted octanol–water partition coefficient (Wildman–Crippen LogP) is 2.23. The van der Waals surface area contributed by atoms with Crippen molar-refractivity contribution in [2.75, 3.05) is 7.11 Å². The Bertz CT molecular complexity index is 668. The molecule has 0 amide bonds. The van der Waals surface area contributed by atoms with E-state index in [1.54, 1.807) is 10.6 Å². The van der Waals surface area contributed by atoms with Crippen molar-refractivity contribution in [3.63, 3.8) is 0 Å². The maximum atomic E-state index is 11.5. The van der Waals surface area contributed by atoms with Crippen molar-refractivity contribution < 1.29 is 14.5 Å². The van der Waals surface area contributed by atoms with Crippen LogP contribution in [0.4, 0.5) is 5.69 Å². The average Bonchev–Trinajstić information content (AvgIpc) is 2.88. The normalized spacial score (nSPS) is 10.3. The van der Waals surface area contributed by atoms with E-state index in [9.17, 15) is 14.9 Å². The molecule has 0 aliphatic heterocycles. The summed E-state index contributed by atoms with van der Waals surface area (Å²) in [5, 5.41) is 10.7. The number of imidazole rings is 1. The van der Waals surface area contributed by atoms with Gasteiger partial charge in [-0.2, -0.15) is 0 Å². The van der Waals surface area contributed by atoms with Gasteiger partial charge in [-0.3, -0.25) is 10.1 Å². The highest BCUT2D eigenvalue weighted by Crippen LogP contribution is 2.21. The molecule has 7 nitrogen and oxygen atoms in total. The number of rotatable bonds is 4. The second-order valence-corrected chi connectivity index (χ2v) is 5.09. The van der Waals surface area contributed by atoms with Gasteiger partial charge in [0.2, 0.25) is 0 Å². The molecule has 0 N–H and O–H groups in total. The maximum absolute atomic E-state index is 11.5. The Morgan fingerprint density at radius 3 is 2.90 bits per heavy atom. The summed E-state index contributed by atoms with van der Waals surface area (Å²) in [5.74, 6) is -0.473. The number of nitrogens with zero attached hydrogens (tertiary/aromatic N) is 3. The lowest BCUT2D eigenvalue weighted by atomic mass is 10.2. The second-order valence-electron chi connectivity index (χ2n) is 3.93. The van der Waals surface area contributed by atoms with Gasteiger partial charge in [-0.15, -0.1) is 0 Å².